The number of benzene rings is 2. The van der Waals surface area contributed by atoms with Crippen LogP contribution in [-0.4, -0.2) is 26.6 Å². The summed E-state index contributed by atoms with van der Waals surface area (Å²) in [5.41, 5.74) is 0.966. The number of carboxylic acids is 1. The van der Waals surface area contributed by atoms with E-state index in [4.69, 9.17) is 15.9 Å². The zero-order valence-corrected chi connectivity index (χ0v) is 15.3. The second kappa shape index (κ2) is 7.70. The molecule has 0 unspecified atom stereocenters. The fourth-order valence-electron chi connectivity index (χ4n) is 2.28. The van der Waals surface area contributed by atoms with Gasteiger partial charge in [-0.1, -0.05) is 46.3 Å². The van der Waals surface area contributed by atoms with Crippen LogP contribution >= 0.6 is 31.9 Å². The van der Waals surface area contributed by atoms with Gasteiger partial charge in [-0.05, 0) is 38.3 Å². The second-order valence-corrected chi connectivity index (χ2v) is 6.57. The number of hydrogen-bond acceptors (Lipinski definition) is 3. The number of amidine groups is 2. The predicted molar refractivity (Wildman–Crippen MR) is 98.4 cm³/mol. The van der Waals surface area contributed by atoms with Crippen LogP contribution in [0.25, 0.3) is 10.8 Å². The van der Waals surface area contributed by atoms with Gasteiger partial charge in [0, 0.05) is 10.9 Å². The topological polar surface area (TPSA) is 88.2 Å². The fraction of sp³-hybridized carbons (Fsp3) is 0.188. The molecule has 3 N–H and O–H groups in total. The molecule has 0 radical (unpaired) electrons. The molecule has 0 spiro atoms. The molecule has 2 aromatic carbocycles. The molecule has 7 heteroatoms. The molecule has 0 heterocycles. The molecule has 0 aliphatic carbocycles. The zero-order valence-electron chi connectivity index (χ0n) is 12.1. The molecule has 23 heavy (non-hydrogen) atoms. The van der Waals surface area contributed by atoms with Crippen LogP contribution in [0.4, 0.5) is 0 Å². The van der Waals surface area contributed by atoms with Gasteiger partial charge >= 0.3 is 5.97 Å². The van der Waals surface area contributed by atoms with Crippen molar-refractivity contribution in [2.24, 2.45) is 0 Å². The first-order valence-electron chi connectivity index (χ1n) is 6.87. The number of hydrogen-bond donors (Lipinski definition) is 3. The molecule has 0 saturated carbocycles. The largest absolute Gasteiger partial charge is 0.481 e. The van der Waals surface area contributed by atoms with Crippen LogP contribution in [0.5, 0.6) is 0 Å². The fourth-order valence-corrected chi connectivity index (χ4v) is 3.09. The third-order valence-electron chi connectivity index (χ3n) is 3.43. The Kier molecular flexibility index (Phi) is 5.90. The van der Waals surface area contributed by atoms with E-state index >= 15 is 0 Å². The van der Waals surface area contributed by atoms with Gasteiger partial charge in [-0.2, -0.15) is 0 Å². The highest BCUT2D eigenvalue weighted by Crippen LogP contribution is 2.28. The van der Waals surface area contributed by atoms with Crippen LogP contribution in [0.1, 0.15) is 18.4 Å². The molecule has 0 aromatic heterocycles. The standard InChI is InChI=1S/C16H15Br2N3O2/c17-13-6-5-10(11-3-1-2-4-12(11)13)9-21(16(18)20)14(19)7-8-15(22)23/h1-6,19-20H,7-9H2,(H,22,23). The summed E-state index contributed by atoms with van der Waals surface area (Å²) in [7, 11) is 0. The van der Waals surface area contributed by atoms with Gasteiger partial charge in [0.2, 0.25) is 0 Å². The monoisotopic (exact) mass is 439 g/mol. The minimum Gasteiger partial charge on any atom is -0.481 e. The lowest BCUT2D eigenvalue weighted by atomic mass is 10.0. The van der Waals surface area contributed by atoms with E-state index in [1.165, 1.54) is 4.90 Å². The molecule has 0 atom stereocenters. The normalized spacial score (nSPS) is 10.5. The van der Waals surface area contributed by atoms with Gasteiger partial charge in [-0.15, -0.1) is 0 Å². The van der Waals surface area contributed by atoms with Gasteiger partial charge in [0.25, 0.3) is 0 Å². The molecule has 0 saturated heterocycles. The Hall–Kier alpha value is -1.73. The Morgan fingerprint density at radius 2 is 1.74 bits per heavy atom. The summed E-state index contributed by atoms with van der Waals surface area (Å²) in [5.74, 6) is -0.855. The number of halogens is 2. The summed E-state index contributed by atoms with van der Waals surface area (Å²) in [6.07, 6.45) is -0.0472. The Balaban J connectivity index is 2.31. The van der Waals surface area contributed by atoms with Crippen molar-refractivity contribution in [3.05, 3.63) is 46.4 Å². The molecule has 0 aliphatic heterocycles. The average Bonchev–Trinajstić information content (AvgIpc) is 2.52. The first-order valence-corrected chi connectivity index (χ1v) is 8.45. The smallest absolute Gasteiger partial charge is 0.303 e. The first-order chi connectivity index (χ1) is 10.9. The summed E-state index contributed by atoms with van der Waals surface area (Å²) in [6, 6.07) is 11.8. The van der Waals surface area contributed by atoms with Crippen LogP contribution < -0.4 is 0 Å². The van der Waals surface area contributed by atoms with Crippen molar-refractivity contribution in [1.29, 1.82) is 10.8 Å². The van der Waals surface area contributed by atoms with E-state index in [0.29, 0.717) is 6.54 Å². The third-order valence-corrected chi connectivity index (χ3v) is 4.55. The van der Waals surface area contributed by atoms with Crippen LogP contribution in [0.15, 0.2) is 40.9 Å². The Morgan fingerprint density at radius 3 is 2.35 bits per heavy atom. The van der Waals surface area contributed by atoms with Crippen molar-refractivity contribution in [2.75, 3.05) is 0 Å². The third kappa shape index (κ3) is 4.39. The lowest BCUT2D eigenvalue weighted by molar-refractivity contribution is -0.136. The van der Waals surface area contributed by atoms with Crippen molar-refractivity contribution in [2.45, 2.75) is 19.4 Å². The molecule has 0 fully saturated rings. The van der Waals surface area contributed by atoms with E-state index in [-0.39, 0.29) is 23.4 Å². The minimum atomic E-state index is -0.954. The molecule has 2 aromatic rings. The Morgan fingerprint density at radius 1 is 1.09 bits per heavy atom. The molecule has 0 amide bonds. The van der Waals surface area contributed by atoms with Gasteiger partial charge in [-0.25, -0.2) is 0 Å². The van der Waals surface area contributed by atoms with Crippen LogP contribution in [0, 0.1) is 10.8 Å². The molecule has 0 aliphatic rings. The Bertz CT molecular complexity index is 777. The van der Waals surface area contributed by atoms with Crippen LogP contribution in [0.3, 0.4) is 0 Å². The second-order valence-electron chi connectivity index (χ2n) is 4.97. The molecule has 2 rings (SSSR count). The molecule has 0 bridgehead atoms. The molecule has 120 valence electrons. The van der Waals surface area contributed by atoms with Gasteiger partial charge in [-0.3, -0.25) is 15.6 Å². The van der Waals surface area contributed by atoms with E-state index < -0.39 is 5.97 Å². The maximum Gasteiger partial charge on any atom is 0.303 e. The number of rotatable bonds is 5. The van der Waals surface area contributed by atoms with Crippen LogP contribution in [0.2, 0.25) is 0 Å². The maximum atomic E-state index is 10.7. The summed E-state index contributed by atoms with van der Waals surface area (Å²) in [6.45, 7) is 0.330. The van der Waals surface area contributed by atoms with Crippen LogP contribution in [-0.2, 0) is 11.3 Å². The average molecular weight is 441 g/mol. The van der Waals surface area contributed by atoms with Crippen molar-refractivity contribution in [3.8, 4) is 0 Å². The van der Waals surface area contributed by atoms with Gasteiger partial charge in [0.05, 0.1) is 13.0 Å². The predicted octanol–water partition coefficient (Wildman–Crippen LogP) is 4.58. The first kappa shape index (κ1) is 17.6. The van der Waals surface area contributed by atoms with Crippen molar-refractivity contribution < 1.29 is 9.90 Å². The lowest BCUT2D eigenvalue weighted by Gasteiger charge is -2.23. The van der Waals surface area contributed by atoms with E-state index in [2.05, 4.69) is 31.9 Å². The van der Waals surface area contributed by atoms with Gasteiger partial charge < -0.3 is 10.0 Å². The SMILES string of the molecule is N=C(Br)N(Cc1ccc(Br)c2ccccc12)C(=N)CCC(=O)O. The van der Waals surface area contributed by atoms with Crippen molar-refractivity contribution in [1.82, 2.24) is 4.90 Å². The number of fused-ring (bicyclic) bond motifs is 1. The van der Waals surface area contributed by atoms with Gasteiger partial charge in [0.15, 0.2) is 4.74 Å². The quantitative estimate of drug-likeness (QED) is 0.361. The lowest BCUT2D eigenvalue weighted by Crippen LogP contribution is -2.32. The highest BCUT2D eigenvalue weighted by Gasteiger charge is 2.16. The van der Waals surface area contributed by atoms with E-state index in [1.807, 2.05) is 36.4 Å². The molecular weight excluding hydrogens is 426 g/mol. The van der Waals surface area contributed by atoms with E-state index in [0.717, 1.165) is 20.8 Å². The summed E-state index contributed by atoms with van der Waals surface area (Å²) in [5, 5.41) is 26.7. The highest BCUT2D eigenvalue weighted by atomic mass is 79.9. The van der Waals surface area contributed by atoms with Crippen molar-refractivity contribution >= 4 is 59.2 Å². The highest BCUT2D eigenvalue weighted by molar-refractivity contribution is 9.18. The van der Waals surface area contributed by atoms with E-state index in [9.17, 15) is 4.79 Å². The van der Waals surface area contributed by atoms with E-state index in [1.54, 1.807) is 0 Å². The zero-order chi connectivity index (χ0) is 17.0. The summed E-state index contributed by atoms with van der Waals surface area (Å²) < 4.78 is 1.03. The molecule has 5 nitrogen and oxygen atoms in total. The minimum absolute atomic E-state index is 0.0416. The number of nitrogens with one attached hydrogen (secondary N) is 2. The molecular formula is C16H15Br2N3O2. The summed E-state index contributed by atoms with van der Waals surface area (Å²) >= 11 is 6.62. The maximum absolute atomic E-state index is 10.7. The summed E-state index contributed by atoms with van der Waals surface area (Å²) in [4.78, 5) is 12.1. The number of nitrogens with zero attached hydrogens (tertiary/aromatic N) is 1. The van der Waals surface area contributed by atoms with Gasteiger partial charge in [0.1, 0.15) is 5.84 Å². The van der Waals surface area contributed by atoms with Crippen molar-refractivity contribution in [3.63, 3.8) is 0 Å². The number of carbonyl (C=O) groups is 1. The Labute approximate surface area is 150 Å². The number of aliphatic carboxylic acids is 1. The number of carboxylic acid groups (broad SMARTS) is 1.